The molecular formula is C15H17F2NO2. The quantitative estimate of drug-likeness (QED) is 0.935. The van der Waals surface area contributed by atoms with Crippen LogP contribution >= 0.6 is 0 Å². The fourth-order valence-corrected chi connectivity index (χ4v) is 2.80. The van der Waals surface area contributed by atoms with Gasteiger partial charge in [0.15, 0.2) is 11.5 Å². The molecule has 1 fully saturated rings. The number of oxazole rings is 1. The number of nitrogens with zero attached hydrogens (tertiary/aromatic N) is 1. The van der Waals surface area contributed by atoms with Crippen LogP contribution in [0.5, 0.6) is 0 Å². The summed E-state index contributed by atoms with van der Waals surface area (Å²) in [5.74, 6) is -2.19. The van der Waals surface area contributed by atoms with E-state index in [1.54, 1.807) is 0 Å². The maximum Gasteiger partial charge on any atom is 0.248 e. The van der Waals surface area contributed by atoms with Crippen molar-refractivity contribution in [1.82, 2.24) is 4.98 Å². The van der Waals surface area contributed by atoms with Gasteiger partial charge in [-0.3, -0.25) is 0 Å². The molecule has 0 bridgehead atoms. The summed E-state index contributed by atoms with van der Waals surface area (Å²) in [5.41, 5.74) is 1.44. The number of alkyl halides is 2. The summed E-state index contributed by atoms with van der Waals surface area (Å²) in [6.07, 6.45) is 0.0531. The molecule has 0 aliphatic heterocycles. The van der Waals surface area contributed by atoms with Crippen molar-refractivity contribution in [1.29, 1.82) is 0 Å². The lowest BCUT2D eigenvalue weighted by Crippen LogP contribution is -2.32. The summed E-state index contributed by atoms with van der Waals surface area (Å²) in [7, 11) is 0. The molecule has 1 aliphatic rings. The van der Waals surface area contributed by atoms with E-state index < -0.39 is 12.0 Å². The summed E-state index contributed by atoms with van der Waals surface area (Å²) >= 11 is 0. The van der Waals surface area contributed by atoms with Gasteiger partial charge in [0.25, 0.3) is 0 Å². The molecule has 0 amide bonds. The van der Waals surface area contributed by atoms with Crippen LogP contribution in [-0.4, -0.2) is 22.1 Å². The Kier molecular flexibility index (Phi) is 3.46. The molecule has 1 atom stereocenters. The van der Waals surface area contributed by atoms with Crippen molar-refractivity contribution in [3.8, 4) is 0 Å². The van der Waals surface area contributed by atoms with E-state index in [1.807, 2.05) is 24.3 Å². The van der Waals surface area contributed by atoms with Crippen molar-refractivity contribution in [2.24, 2.45) is 5.92 Å². The van der Waals surface area contributed by atoms with Crippen LogP contribution in [0.1, 0.15) is 31.6 Å². The first-order valence-corrected chi connectivity index (χ1v) is 6.94. The second-order valence-electron chi connectivity index (χ2n) is 5.54. The molecule has 3 nitrogen and oxygen atoms in total. The highest BCUT2D eigenvalue weighted by atomic mass is 19.3. The van der Waals surface area contributed by atoms with Crippen LogP contribution in [0.3, 0.4) is 0 Å². The van der Waals surface area contributed by atoms with Crippen molar-refractivity contribution in [2.75, 3.05) is 0 Å². The van der Waals surface area contributed by atoms with Crippen LogP contribution in [0.2, 0.25) is 0 Å². The number of fused-ring (bicyclic) bond motifs is 1. The number of para-hydroxylation sites is 2. The average molecular weight is 281 g/mol. The molecule has 3 rings (SSSR count). The number of aliphatic hydroxyl groups excluding tert-OH is 1. The number of rotatable bonds is 3. The van der Waals surface area contributed by atoms with Crippen LogP contribution in [0.25, 0.3) is 11.1 Å². The summed E-state index contributed by atoms with van der Waals surface area (Å²) in [5, 5.41) is 10.2. The molecule has 0 radical (unpaired) electrons. The van der Waals surface area contributed by atoms with Gasteiger partial charge >= 0.3 is 0 Å². The number of aromatic nitrogens is 1. The number of hydrogen-bond acceptors (Lipinski definition) is 3. The second-order valence-corrected chi connectivity index (χ2v) is 5.54. The van der Waals surface area contributed by atoms with Gasteiger partial charge in [-0.2, -0.15) is 0 Å². The highest BCUT2D eigenvalue weighted by Gasteiger charge is 2.37. The predicted octanol–water partition coefficient (Wildman–Crippen LogP) is 3.56. The fourth-order valence-electron chi connectivity index (χ4n) is 2.80. The third kappa shape index (κ3) is 2.82. The Morgan fingerprint density at radius 3 is 2.70 bits per heavy atom. The van der Waals surface area contributed by atoms with Gasteiger partial charge in [0.2, 0.25) is 5.92 Å². The van der Waals surface area contributed by atoms with Crippen LogP contribution < -0.4 is 0 Å². The molecule has 1 saturated carbocycles. The van der Waals surface area contributed by atoms with Gasteiger partial charge < -0.3 is 9.52 Å². The zero-order valence-electron chi connectivity index (χ0n) is 11.1. The van der Waals surface area contributed by atoms with E-state index in [-0.39, 0.29) is 25.2 Å². The van der Waals surface area contributed by atoms with Gasteiger partial charge in [0.1, 0.15) is 5.52 Å². The van der Waals surface area contributed by atoms with E-state index in [9.17, 15) is 13.9 Å². The summed E-state index contributed by atoms with van der Waals surface area (Å²) in [6, 6.07) is 7.39. The first-order chi connectivity index (χ1) is 9.53. The zero-order valence-corrected chi connectivity index (χ0v) is 11.1. The van der Waals surface area contributed by atoms with Crippen molar-refractivity contribution in [3.05, 3.63) is 30.2 Å². The molecule has 0 spiro atoms. The number of benzene rings is 1. The maximum atomic E-state index is 13.1. The lowest BCUT2D eigenvalue weighted by atomic mass is 9.82. The summed E-state index contributed by atoms with van der Waals surface area (Å²) in [6.45, 7) is 0. The van der Waals surface area contributed by atoms with Crippen molar-refractivity contribution in [3.63, 3.8) is 0 Å². The molecule has 1 aromatic heterocycles. The van der Waals surface area contributed by atoms with Crippen LogP contribution in [-0.2, 0) is 6.42 Å². The lowest BCUT2D eigenvalue weighted by molar-refractivity contribution is -0.0624. The Labute approximate surface area is 115 Å². The maximum absolute atomic E-state index is 13.1. The molecular weight excluding hydrogens is 264 g/mol. The van der Waals surface area contributed by atoms with Gasteiger partial charge in [-0.15, -0.1) is 0 Å². The normalized spacial score (nSPS) is 21.1. The average Bonchev–Trinajstić information content (AvgIpc) is 2.80. The summed E-state index contributed by atoms with van der Waals surface area (Å²) < 4.78 is 31.7. The number of halogens is 2. The number of hydrogen-bond donors (Lipinski definition) is 1. The van der Waals surface area contributed by atoms with E-state index in [4.69, 9.17) is 4.42 Å². The van der Waals surface area contributed by atoms with E-state index >= 15 is 0 Å². The highest BCUT2D eigenvalue weighted by molar-refractivity contribution is 5.72. The van der Waals surface area contributed by atoms with Gasteiger partial charge in [-0.25, -0.2) is 13.8 Å². The third-order valence-corrected chi connectivity index (χ3v) is 4.03. The molecule has 20 heavy (non-hydrogen) atoms. The minimum absolute atomic E-state index is 0.0929. The summed E-state index contributed by atoms with van der Waals surface area (Å²) in [4.78, 5) is 4.30. The van der Waals surface area contributed by atoms with Crippen LogP contribution in [0.4, 0.5) is 8.78 Å². The van der Waals surface area contributed by atoms with E-state index in [2.05, 4.69) is 4.98 Å². The number of aliphatic hydroxyl groups is 1. The minimum Gasteiger partial charge on any atom is -0.441 e. The molecule has 1 heterocycles. The molecule has 0 saturated heterocycles. The zero-order chi connectivity index (χ0) is 14.2. The lowest BCUT2D eigenvalue weighted by Gasteiger charge is -2.30. The van der Waals surface area contributed by atoms with Crippen molar-refractivity contribution >= 4 is 11.1 Å². The predicted molar refractivity (Wildman–Crippen MR) is 70.6 cm³/mol. The van der Waals surface area contributed by atoms with E-state index in [1.165, 1.54) is 0 Å². The van der Waals surface area contributed by atoms with Crippen molar-refractivity contribution < 1.29 is 18.3 Å². The fraction of sp³-hybridized carbons (Fsp3) is 0.533. The van der Waals surface area contributed by atoms with Gasteiger partial charge in [0.05, 0.1) is 12.5 Å². The van der Waals surface area contributed by atoms with Gasteiger partial charge in [0, 0.05) is 12.8 Å². The molecule has 1 unspecified atom stereocenters. The Hall–Kier alpha value is -1.49. The molecule has 1 aliphatic carbocycles. The molecule has 108 valence electrons. The first-order valence-electron chi connectivity index (χ1n) is 6.94. The molecule has 1 aromatic carbocycles. The monoisotopic (exact) mass is 281 g/mol. The second kappa shape index (κ2) is 5.13. The first kappa shape index (κ1) is 13.5. The van der Waals surface area contributed by atoms with E-state index in [0.717, 1.165) is 5.52 Å². The smallest absolute Gasteiger partial charge is 0.248 e. The largest absolute Gasteiger partial charge is 0.441 e. The van der Waals surface area contributed by atoms with Crippen LogP contribution in [0.15, 0.2) is 28.7 Å². The Balaban J connectivity index is 1.65. The third-order valence-electron chi connectivity index (χ3n) is 4.03. The van der Waals surface area contributed by atoms with E-state index in [0.29, 0.717) is 24.3 Å². The van der Waals surface area contributed by atoms with Gasteiger partial charge in [-0.05, 0) is 30.9 Å². The molecule has 1 N–H and O–H groups in total. The standard InChI is InChI=1S/C15H17F2NO2/c16-15(17)7-5-10(6-8-15)12(19)9-14-18-11-3-1-2-4-13(11)20-14/h1-4,10,12,19H,5-9H2. The Bertz CT molecular complexity index is 553. The Morgan fingerprint density at radius 2 is 2.00 bits per heavy atom. The molecule has 5 heteroatoms. The van der Waals surface area contributed by atoms with Crippen molar-refractivity contribution in [2.45, 2.75) is 44.1 Å². The SMILES string of the molecule is OC(Cc1nc2ccccc2o1)C1CCC(F)(F)CC1. The topological polar surface area (TPSA) is 46.3 Å². The molecule has 2 aromatic rings. The Morgan fingerprint density at radius 1 is 1.30 bits per heavy atom. The minimum atomic E-state index is -2.56. The van der Waals surface area contributed by atoms with Crippen LogP contribution in [0, 0.1) is 5.92 Å². The van der Waals surface area contributed by atoms with Gasteiger partial charge in [-0.1, -0.05) is 12.1 Å². The highest BCUT2D eigenvalue weighted by Crippen LogP contribution is 2.38.